The van der Waals surface area contributed by atoms with Gasteiger partial charge in [0, 0.05) is 45.9 Å². The second-order valence-corrected chi connectivity index (χ2v) is 25.4. The first kappa shape index (κ1) is 53.0. The Balaban J connectivity index is 1.37. The van der Waals surface area contributed by atoms with Crippen LogP contribution in [0.5, 0.6) is 11.5 Å². The number of hydrogen-bond donors (Lipinski definition) is 2. The van der Waals surface area contributed by atoms with Crippen molar-refractivity contribution in [1.29, 1.82) is 0 Å². The summed E-state index contributed by atoms with van der Waals surface area (Å²) in [6.07, 6.45) is 4.19. The van der Waals surface area contributed by atoms with E-state index in [1.54, 1.807) is 0 Å². The summed E-state index contributed by atoms with van der Waals surface area (Å²) in [5.74, 6) is 7.01. The van der Waals surface area contributed by atoms with Crippen molar-refractivity contribution in [3.8, 4) is 11.5 Å². The van der Waals surface area contributed by atoms with Gasteiger partial charge in [0.05, 0.1) is 0 Å². The highest BCUT2D eigenvalue weighted by Gasteiger charge is 2.49. The molecule has 2 nitrogen and oxygen atoms in total. The summed E-state index contributed by atoms with van der Waals surface area (Å²) in [5, 5.41) is 26.3. The van der Waals surface area contributed by atoms with E-state index in [0.29, 0.717) is 70.7 Å². The minimum Gasteiger partial charge on any atom is -0.507 e. The number of fused-ring (bicyclic) bond motifs is 3. The number of rotatable bonds is 15. The van der Waals surface area contributed by atoms with E-state index < -0.39 is 0 Å². The van der Waals surface area contributed by atoms with Gasteiger partial charge in [-0.1, -0.05) is 135 Å². The van der Waals surface area contributed by atoms with Gasteiger partial charge in [-0.2, -0.15) is 0 Å². The van der Waals surface area contributed by atoms with Gasteiger partial charge in [0.2, 0.25) is 0 Å². The molecule has 7 rings (SSSR count). The summed E-state index contributed by atoms with van der Waals surface area (Å²) in [5.41, 5.74) is 26.8. The average Bonchev–Trinajstić information content (AvgIpc) is 4.10. The summed E-state index contributed by atoms with van der Waals surface area (Å²) in [7, 11) is 0. The molecule has 14 atom stereocenters. The Labute approximate surface area is 422 Å². The van der Waals surface area contributed by atoms with Gasteiger partial charge in [0.25, 0.3) is 0 Å². The molecule has 0 radical (unpaired) electrons. The fourth-order valence-corrected chi connectivity index (χ4v) is 15.0. The van der Waals surface area contributed by atoms with Crippen LogP contribution in [0.15, 0.2) is 102 Å². The van der Waals surface area contributed by atoms with Crippen LogP contribution in [0.1, 0.15) is 206 Å². The van der Waals surface area contributed by atoms with Gasteiger partial charge in [-0.25, -0.2) is 0 Å². The summed E-state index contributed by atoms with van der Waals surface area (Å²) in [6, 6.07) is 0. The van der Waals surface area contributed by atoms with Crippen molar-refractivity contribution in [2.75, 3.05) is 0 Å². The maximum absolute atomic E-state index is 13.2. The highest BCUT2D eigenvalue weighted by atomic mass is 16.3. The number of allylic oxidation sites excluding steroid dienone is 17. The molecule has 6 aliphatic rings. The van der Waals surface area contributed by atoms with Crippen LogP contribution >= 0.6 is 0 Å². The molecule has 0 amide bonds. The molecule has 1 aromatic carbocycles. The average molecular weight is 934 g/mol. The van der Waals surface area contributed by atoms with E-state index in [-0.39, 0.29) is 35.5 Å². The quantitative estimate of drug-likeness (QED) is 0.172. The highest BCUT2D eigenvalue weighted by molar-refractivity contribution is 5.91. The van der Waals surface area contributed by atoms with Gasteiger partial charge in [0.1, 0.15) is 11.5 Å². The maximum Gasteiger partial charge on any atom is 0.128 e. The Morgan fingerprint density at radius 2 is 0.870 bits per heavy atom. The molecule has 0 saturated carbocycles. The largest absolute Gasteiger partial charge is 0.507 e. The molecule has 2 N–H and O–H groups in total. The Bertz CT molecular complexity index is 2630. The van der Waals surface area contributed by atoms with Gasteiger partial charge in [-0.05, 0) is 222 Å². The first-order valence-electron chi connectivity index (χ1n) is 27.7. The molecule has 1 aromatic rings. The van der Waals surface area contributed by atoms with E-state index >= 15 is 0 Å². The van der Waals surface area contributed by atoms with Crippen molar-refractivity contribution in [3.63, 3.8) is 0 Å². The zero-order chi connectivity index (χ0) is 51.6. The molecule has 376 valence electrons. The molecular weight excluding hydrogens is 837 g/mol. The molecule has 0 fully saturated rings. The van der Waals surface area contributed by atoms with Crippen molar-refractivity contribution >= 4 is 11.6 Å². The lowest BCUT2D eigenvalue weighted by atomic mass is 9.66. The molecule has 0 heterocycles. The van der Waals surface area contributed by atoms with Crippen molar-refractivity contribution in [3.05, 3.63) is 125 Å². The minimum atomic E-state index is -0.0670. The van der Waals surface area contributed by atoms with E-state index in [1.165, 1.54) is 89.2 Å². The molecule has 0 spiro atoms. The molecule has 0 aromatic heterocycles. The fraction of sp³-hybridized carbons (Fsp3) is 0.612. The lowest BCUT2D eigenvalue weighted by Gasteiger charge is -2.39. The van der Waals surface area contributed by atoms with Crippen molar-refractivity contribution < 1.29 is 10.2 Å². The van der Waals surface area contributed by atoms with Crippen LogP contribution < -0.4 is 0 Å². The lowest BCUT2D eigenvalue weighted by Crippen LogP contribution is -2.31. The molecule has 0 aliphatic heterocycles. The molecule has 0 saturated heterocycles. The van der Waals surface area contributed by atoms with Gasteiger partial charge in [-0.15, -0.1) is 0 Å². The summed E-state index contributed by atoms with van der Waals surface area (Å²) >= 11 is 0. The Morgan fingerprint density at radius 3 is 1.30 bits per heavy atom. The molecular formula is C67H96O2. The third kappa shape index (κ3) is 8.01. The fourth-order valence-electron chi connectivity index (χ4n) is 15.0. The van der Waals surface area contributed by atoms with E-state index in [9.17, 15) is 10.2 Å². The van der Waals surface area contributed by atoms with Crippen LogP contribution in [0.25, 0.3) is 11.6 Å². The van der Waals surface area contributed by atoms with Gasteiger partial charge >= 0.3 is 0 Å². The van der Waals surface area contributed by atoms with Crippen LogP contribution in [-0.4, -0.2) is 10.2 Å². The zero-order valence-corrected chi connectivity index (χ0v) is 48.0. The van der Waals surface area contributed by atoms with Crippen LogP contribution in [0.4, 0.5) is 0 Å². The summed E-state index contributed by atoms with van der Waals surface area (Å²) < 4.78 is 0. The summed E-state index contributed by atoms with van der Waals surface area (Å²) in [6.45, 7) is 64.4. The SMILES string of the molecule is C=C1C2=C(C3=C(C)C(C)=C(C4=Cc5c(O)c6c(c(O)c5C4C(C)C(C)C(C)C(C)C(C)C(C)C)C(C)=C(C)C6C(C)C(C)C(C)C(C)C(C)C(C)C)C3)C(C)C(=C)C2=C(C2=C(C)C(C)=C(C)C2)C1C. The minimum absolute atomic E-state index is 0.0376. The van der Waals surface area contributed by atoms with Crippen LogP contribution in [-0.2, 0) is 0 Å². The predicted octanol–water partition coefficient (Wildman–Crippen LogP) is 19.2. The second-order valence-electron chi connectivity index (χ2n) is 25.4. The summed E-state index contributed by atoms with van der Waals surface area (Å²) in [4.78, 5) is 0. The maximum atomic E-state index is 13.2. The smallest absolute Gasteiger partial charge is 0.128 e. The first-order chi connectivity index (χ1) is 32.0. The van der Waals surface area contributed by atoms with Crippen molar-refractivity contribution in [2.45, 2.75) is 184 Å². The molecule has 0 bridgehead atoms. The molecule has 2 heteroatoms. The number of benzene rings is 1. The Kier molecular flexibility index (Phi) is 14.6. The van der Waals surface area contributed by atoms with E-state index in [0.717, 1.165) is 40.7 Å². The predicted molar refractivity (Wildman–Crippen MR) is 299 cm³/mol. The number of phenols is 2. The van der Waals surface area contributed by atoms with E-state index in [1.807, 2.05) is 0 Å². The lowest BCUT2D eigenvalue weighted by molar-refractivity contribution is 0.137. The second kappa shape index (κ2) is 19.0. The Morgan fingerprint density at radius 1 is 0.464 bits per heavy atom. The van der Waals surface area contributed by atoms with E-state index in [2.05, 4.69) is 165 Å². The van der Waals surface area contributed by atoms with Gasteiger partial charge in [-0.3, -0.25) is 0 Å². The topological polar surface area (TPSA) is 40.5 Å². The van der Waals surface area contributed by atoms with Gasteiger partial charge < -0.3 is 10.2 Å². The zero-order valence-electron chi connectivity index (χ0n) is 48.0. The van der Waals surface area contributed by atoms with Crippen LogP contribution in [0.3, 0.4) is 0 Å². The number of phenolic OH excluding ortho intramolecular Hbond substituents is 2. The van der Waals surface area contributed by atoms with Crippen molar-refractivity contribution in [2.24, 2.45) is 82.9 Å². The third-order valence-electron chi connectivity index (χ3n) is 22.3. The Hall–Kier alpha value is -3.78. The highest BCUT2D eigenvalue weighted by Crippen LogP contribution is 2.65. The number of hydrogen-bond acceptors (Lipinski definition) is 2. The molecule has 6 aliphatic carbocycles. The van der Waals surface area contributed by atoms with E-state index in [4.69, 9.17) is 13.2 Å². The van der Waals surface area contributed by atoms with Crippen LogP contribution in [0.2, 0.25) is 0 Å². The molecule has 69 heavy (non-hydrogen) atoms. The standard InChI is InChI=1S/C67H96O2/c1-29(2)32(6)35(9)37(11)39(13)44(18)57-46(20)51(25)63-65(57)66(68)56-28-55(60(64(56)67(63)69)45(19)40(14)38(12)36(10)33(7)30(3)4)52-27-54(43(17)42(52)16)59-48(22)50(24)61-58(47(21)49(23)62(59)61)53-26-31(5)34(8)41(53)15/h28-30,32-33,35-40,44-45,47-48,57,60,68-69H,23-24,26-27H2,1-22,25H3. The third-order valence-corrected chi connectivity index (χ3v) is 22.3. The van der Waals surface area contributed by atoms with Crippen LogP contribution in [0, 0.1) is 82.9 Å². The molecule has 14 unspecified atom stereocenters. The number of aromatic hydroxyl groups is 2. The normalized spacial score (nSPS) is 27.3. The van der Waals surface area contributed by atoms with Crippen molar-refractivity contribution in [1.82, 2.24) is 0 Å². The first-order valence-corrected chi connectivity index (χ1v) is 27.7. The monoisotopic (exact) mass is 933 g/mol. The van der Waals surface area contributed by atoms with Gasteiger partial charge in [0.15, 0.2) is 0 Å².